The lowest BCUT2D eigenvalue weighted by molar-refractivity contribution is -0.137. The average Bonchev–Trinajstić information content (AvgIpc) is 2.24. The van der Waals surface area contributed by atoms with Gasteiger partial charge in [-0.05, 0) is 44.5 Å². The highest BCUT2D eigenvalue weighted by molar-refractivity contribution is 9.10. The van der Waals surface area contributed by atoms with E-state index in [9.17, 15) is 17.7 Å². The summed E-state index contributed by atoms with van der Waals surface area (Å²) < 4.78 is 51.8. The average molecular weight is 372 g/mol. The van der Waals surface area contributed by atoms with E-state index in [0.29, 0.717) is 10.0 Å². The fourth-order valence-corrected chi connectivity index (χ4v) is 3.43. The predicted octanol–water partition coefficient (Wildman–Crippen LogP) is 4.36. The van der Waals surface area contributed by atoms with E-state index in [4.69, 9.17) is 0 Å². The minimum Gasteiger partial charge on any atom is -0.597 e. The molecule has 0 saturated heterocycles. The maximum atomic E-state index is 12.7. The highest BCUT2D eigenvalue weighted by atomic mass is 79.9. The van der Waals surface area contributed by atoms with Gasteiger partial charge in [-0.15, -0.1) is 4.31 Å². The molecule has 0 bridgehead atoms. The van der Waals surface area contributed by atoms with Gasteiger partial charge >= 0.3 is 6.18 Å². The minimum atomic E-state index is -4.39. The molecule has 0 saturated carbocycles. The summed E-state index contributed by atoms with van der Waals surface area (Å²) in [6.07, 6.45) is -4.39. The first-order valence-corrected chi connectivity index (χ1v) is 7.81. The standard InChI is InChI=1S/C13H17BrF3NOS/c1-12(2,3)20(19)18(4)8-9-5-10(13(15,16)17)7-11(14)6-9/h5-7H,8H2,1-4H3/t20-/m0/s1. The van der Waals surface area contributed by atoms with E-state index < -0.39 is 27.8 Å². The number of benzene rings is 1. The molecule has 1 atom stereocenters. The predicted molar refractivity (Wildman–Crippen MR) is 78.5 cm³/mol. The van der Waals surface area contributed by atoms with E-state index >= 15 is 0 Å². The van der Waals surface area contributed by atoms with Crippen molar-refractivity contribution < 1.29 is 17.7 Å². The highest BCUT2D eigenvalue weighted by Crippen LogP contribution is 2.32. The molecular weight excluding hydrogens is 355 g/mol. The van der Waals surface area contributed by atoms with Gasteiger partial charge in [0.05, 0.1) is 12.1 Å². The van der Waals surface area contributed by atoms with Crippen LogP contribution in [0.2, 0.25) is 0 Å². The van der Waals surface area contributed by atoms with Crippen molar-refractivity contribution in [3.63, 3.8) is 0 Å². The molecule has 20 heavy (non-hydrogen) atoms. The molecule has 1 aromatic rings. The minimum absolute atomic E-state index is 0.187. The van der Waals surface area contributed by atoms with Gasteiger partial charge in [0.15, 0.2) is 0 Å². The number of nitrogens with zero attached hydrogens (tertiary/aromatic N) is 1. The fourth-order valence-electron chi connectivity index (χ4n) is 1.69. The van der Waals surface area contributed by atoms with E-state index in [1.807, 2.05) is 20.8 Å². The zero-order chi connectivity index (χ0) is 15.7. The molecule has 0 spiro atoms. The van der Waals surface area contributed by atoms with Gasteiger partial charge in [0, 0.05) is 22.9 Å². The van der Waals surface area contributed by atoms with Crippen LogP contribution in [-0.2, 0) is 24.1 Å². The maximum Gasteiger partial charge on any atom is 0.416 e. The van der Waals surface area contributed by atoms with E-state index in [-0.39, 0.29) is 6.54 Å². The molecule has 0 radical (unpaired) electrons. The third-order valence-electron chi connectivity index (χ3n) is 2.50. The Morgan fingerprint density at radius 2 is 1.75 bits per heavy atom. The molecule has 0 amide bonds. The van der Waals surface area contributed by atoms with Gasteiger partial charge in [0.2, 0.25) is 0 Å². The molecule has 7 heteroatoms. The first-order chi connectivity index (χ1) is 8.91. The first kappa shape index (κ1) is 17.8. The number of hydrogen-bond acceptors (Lipinski definition) is 2. The van der Waals surface area contributed by atoms with Crippen LogP contribution in [0.5, 0.6) is 0 Å². The van der Waals surface area contributed by atoms with Crippen molar-refractivity contribution in [2.75, 3.05) is 7.05 Å². The lowest BCUT2D eigenvalue weighted by Crippen LogP contribution is -2.40. The Kier molecular flexibility index (Phi) is 5.57. The molecule has 1 aromatic carbocycles. The first-order valence-electron chi connectivity index (χ1n) is 5.91. The molecule has 0 unspecified atom stereocenters. The summed E-state index contributed by atoms with van der Waals surface area (Å²) in [5, 5.41) is 0. The van der Waals surface area contributed by atoms with Crippen molar-refractivity contribution in [3.05, 3.63) is 33.8 Å². The second kappa shape index (κ2) is 6.25. The van der Waals surface area contributed by atoms with Gasteiger partial charge in [-0.3, -0.25) is 0 Å². The monoisotopic (exact) mass is 371 g/mol. The Labute approximate surface area is 128 Å². The summed E-state index contributed by atoms with van der Waals surface area (Å²) in [4.78, 5) is 0. The fraction of sp³-hybridized carbons (Fsp3) is 0.538. The normalized spacial score (nSPS) is 14.7. The summed E-state index contributed by atoms with van der Waals surface area (Å²) in [5.41, 5.74) is -0.247. The number of halogens is 4. The third kappa shape index (κ3) is 4.95. The van der Waals surface area contributed by atoms with Gasteiger partial charge in [0.25, 0.3) is 0 Å². The van der Waals surface area contributed by atoms with Gasteiger partial charge in [-0.1, -0.05) is 15.9 Å². The smallest absolute Gasteiger partial charge is 0.416 e. The van der Waals surface area contributed by atoms with Crippen LogP contribution < -0.4 is 0 Å². The summed E-state index contributed by atoms with van der Waals surface area (Å²) in [5.74, 6) is 0. The number of rotatable bonds is 3. The zero-order valence-corrected chi connectivity index (χ0v) is 14.1. The van der Waals surface area contributed by atoms with Gasteiger partial charge < -0.3 is 4.55 Å². The molecule has 0 aliphatic rings. The Morgan fingerprint density at radius 1 is 1.20 bits per heavy atom. The maximum absolute atomic E-state index is 12.7. The third-order valence-corrected chi connectivity index (χ3v) is 4.70. The van der Waals surface area contributed by atoms with E-state index in [0.717, 1.165) is 12.1 Å². The SMILES string of the molecule is CN(Cc1cc(Br)cc(C(F)(F)F)c1)[S@@+]([O-])C(C)(C)C. The molecule has 0 heterocycles. The van der Waals surface area contributed by atoms with Crippen molar-refractivity contribution in [3.8, 4) is 0 Å². The van der Waals surface area contributed by atoms with Gasteiger partial charge in [-0.25, -0.2) is 0 Å². The van der Waals surface area contributed by atoms with Crippen molar-refractivity contribution in [2.45, 2.75) is 38.2 Å². The van der Waals surface area contributed by atoms with Crippen LogP contribution in [-0.4, -0.2) is 20.7 Å². The Balaban J connectivity index is 2.96. The number of alkyl halides is 3. The Hall–Kier alpha value is -0.240. The van der Waals surface area contributed by atoms with Gasteiger partial charge in [0.1, 0.15) is 4.75 Å². The Bertz CT molecular complexity index is 474. The Morgan fingerprint density at radius 3 is 2.20 bits per heavy atom. The zero-order valence-electron chi connectivity index (χ0n) is 11.7. The second-order valence-electron chi connectivity index (χ2n) is 5.49. The van der Waals surface area contributed by atoms with Crippen LogP contribution in [0.4, 0.5) is 13.2 Å². The molecule has 0 aliphatic heterocycles. The van der Waals surface area contributed by atoms with Crippen molar-refractivity contribution in [1.82, 2.24) is 4.31 Å². The van der Waals surface area contributed by atoms with Crippen molar-refractivity contribution in [1.29, 1.82) is 0 Å². The molecule has 0 N–H and O–H groups in total. The van der Waals surface area contributed by atoms with Crippen LogP contribution in [0.15, 0.2) is 22.7 Å². The van der Waals surface area contributed by atoms with Crippen LogP contribution in [0.1, 0.15) is 31.9 Å². The van der Waals surface area contributed by atoms with Crippen molar-refractivity contribution in [2.24, 2.45) is 0 Å². The lowest BCUT2D eigenvalue weighted by atomic mass is 10.1. The van der Waals surface area contributed by atoms with E-state index in [1.165, 1.54) is 0 Å². The molecule has 0 aliphatic carbocycles. The molecule has 0 aromatic heterocycles. The molecule has 1 rings (SSSR count). The second-order valence-corrected chi connectivity index (χ2v) is 8.76. The largest absolute Gasteiger partial charge is 0.597 e. The quantitative estimate of drug-likeness (QED) is 0.737. The van der Waals surface area contributed by atoms with Crippen molar-refractivity contribution >= 4 is 27.3 Å². The topological polar surface area (TPSA) is 26.3 Å². The molecular formula is C13H17BrF3NOS. The van der Waals surface area contributed by atoms with Crippen LogP contribution in [0.3, 0.4) is 0 Å². The lowest BCUT2D eigenvalue weighted by Gasteiger charge is -2.30. The van der Waals surface area contributed by atoms with E-state index in [2.05, 4.69) is 15.9 Å². The summed E-state index contributed by atoms with van der Waals surface area (Å²) in [6.45, 7) is 5.65. The van der Waals surface area contributed by atoms with E-state index in [1.54, 1.807) is 17.4 Å². The van der Waals surface area contributed by atoms with Gasteiger partial charge in [-0.2, -0.15) is 13.2 Å². The summed E-state index contributed by atoms with van der Waals surface area (Å²) in [7, 11) is 1.63. The molecule has 0 fully saturated rings. The summed E-state index contributed by atoms with van der Waals surface area (Å²) >= 11 is 1.80. The highest BCUT2D eigenvalue weighted by Gasteiger charge is 2.33. The van der Waals surface area contributed by atoms with Crippen LogP contribution >= 0.6 is 15.9 Å². The number of hydrogen-bond donors (Lipinski definition) is 0. The molecule has 114 valence electrons. The molecule has 2 nitrogen and oxygen atoms in total. The van der Waals surface area contributed by atoms with Crippen LogP contribution in [0.25, 0.3) is 0 Å². The summed E-state index contributed by atoms with van der Waals surface area (Å²) in [6, 6.07) is 3.72. The van der Waals surface area contributed by atoms with Crippen LogP contribution in [0, 0.1) is 0 Å².